The van der Waals surface area contributed by atoms with Gasteiger partial charge >= 0.3 is 6.61 Å². The highest BCUT2D eigenvalue weighted by molar-refractivity contribution is 5.76. The summed E-state index contributed by atoms with van der Waals surface area (Å²) in [6, 6.07) is 6.37. The van der Waals surface area contributed by atoms with Crippen molar-refractivity contribution in [3.63, 3.8) is 0 Å². The number of hydrogen-bond donors (Lipinski definition) is 0. The first-order valence-corrected chi connectivity index (χ1v) is 8.83. The van der Waals surface area contributed by atoms with Gasteiger partial charge in [-0.25, -0.2) is 0 Å². The average Bonchev–Trinajstić information content (AvgIpc) is 3.44. The molecule has 6 nitrogen and oxygen atoms in total. The third-order valence-electron chi connectivity index (χ3n) is 4.67. The molecule has 144 valence electrons. The van der Waals surface area contributed by atoms with Crippen LogP contribution in [0.2, 0.25) is 0 Å². The number of alkyl halides is 2. The lowest BCUT2D eigenvalue weighted by Crippen LogP contribution is -2.42. The van der Waals surface area contributed by atoms with E-state index in [-0.39, 0.29) is 17.8 Å². The topological polar surface area (TPSA) is 63.5 Å². The molecule has 0 bridgehead atoms. The number of halogens is 2. The van der Waals surface area contributed by atoms with Gasteiger partial charge in [-0.1, -0.05) is 12.1 Å². The van der Waals surface area contributed by atoms with Gasteiger partial charge in [-0.2, -0.15) is 19.0 Å². The highest BCUT2D eigenvalue weighted by Gasteiger charge is 2.40. The van der Waals surface area contributed by atoms with Crippen LogP contribution in [0.4, 0.5) is 8.78 Å². The smallest absolute Gasteiger partial charge is 0.387 e. The van der Waals surface area contributed by atoms with E-state index in [0.29, 0.717) is 50.9 Å². The van der Waals surface area contributed by atoms with Gasteiger partial charge in [-0.05, 0) is 17.7 Å². The molecule has 0 N–H and O–H groups in total. The van der Waals surface area contributed by atoms with Crippen molar-refractivity contribution in [1.82, 2.24) is 4.90 Å². The van der Waals surface area contributed by atoms with Gasteiger partial charge < -0.3 is 14.4 Å². The number of morpholine rings is 1. The molecule has 0 aromatic heterocycles. The van der Waals surface area contributed by atoms with Gasteiger partial charge in [-0.15, -0.1) is 12.3 Å². The van der Waals surface area contributed by atoms with E-state index >= 15 is 0 Å². The Labute approximate surface area is 156 Å². The van der Waals surface area contributed by atoms with Gasteiger partial charge in [0.2, 0.25) is 5.91 Å². The Balaban J connectivity index is 1.54. The lowest BCUT2D eigenvalue weighted by Gasteiger charge is -2.33. The molecule has 27 heavy (non-hydrogen) atoms. The van der Waals surface area contributed by atoms with Crippen LogP contribution in [0.25, 0.3) is 0 Å². The number of terminal acetylenes is 1. The molecule has 1 unspecified atom stereocenters. The third kappa shape index (κ3) is 5.23. The molecule has 8 heteroatoms. The number of carbonyl (C=O) groups is 1. The molecule has 2 aliphatic heterocycles. The van der Waals surface area contributed by atoms with Crippen LogP contribution in [-0.2, 0) is 9.53 Å². The van der Waals surface area contributed by atoms with E-state index in [0.717, 1.165) is 0 Å². The molecule has 1 saturated heterocycles. The summed E-state index contributed by atoms with van der Waals surface area (Å²) in [5, 5.41) is 8.09. The standard InChI is InChI=1S/C19H21F2N3O3/c1-2-3-8-19(22-23-19)9-7-17(25)24-10-11-26-16(13-24)14-5-4-6-15(12-14)27-18(20)21/h1,4-6,12,16,18H,3,7-11,13H2. The van der Waals surface area contributed by atoms with E-state index in [4.69, 9.17) is 11.2 Å². The summed E-state index contributed by atoms with van der Waals surface area (Å²) in [7, 11) is 0. The molecule has 0 saturated carbocycles. The summed E-state index contributed by atoms with van der Waals surface area (Å²) in [6.45, 7) is -1.64. The molecule has 2 heterocycles. The Hall–Kier alpha value is -2.53. The molecule has 3 rings (SSSR count). The number of rotatable bonds is 8. The van der Waals surface area contributed by atoms with E-state index in [1.165, 1.54) is 12.1 Å². The molecular weight excluding hydrogens is 356 g/mol. The molecule has 0 aliphatic carbocycles. The van der Waals surface area contributed by atoms with Crippen molar-refractivity contribution in [1.29, 1.82) is 0 Å². The van der Waals surface area contributed by atoms with Crippen LogP contribution < -0.4 is 4.74 Å². The monoisotopic (exact) mass is 377 g/mol. The Bertz CT molecular complexity index is 742. The van der Waals surface area contributed by atoms with E-state index in [1.54, 1.807) is 17.0 Å². The molecule has 1 atom stereocenters. The second kappa shape index (κ2) is 8.44. The number of carbonyl (C=O) groups excluding carboxylic acids is 1. The Morgan fingerprint density at radius 2 is 2.26 bits per heavy atom. The summed E-state index contributed by atoms with van der Waals surface area (Å²) < 4.78 is 34.9. The van der Waals surface area contributed by atoms with E-state index < -0.39 is 12.3 Å². The van der Waals surface area contributed by atoms with Gasteiger partial charge in [0.25, 0.3) is 0 Å². The van der Waals surface area contributed by atoms with Crippen LogP contribution in [0.1, 0.15) is 37.4 Å². The summed E-state index contributed by atoms with van der Waals surface area (Å²) in [5.41, 5.74) is 0.220. The van der Waals surface area contributed by atoms with Crippen LogP contribution in [0.3, 0.4) is 0 Å². The van der Waals surface area contributed by atoms with Crippen molar-refractivity contribution < 1.29 is 23.0 Å². The quantitative estimate of drug-likeness (QED) is 0.651. The first-order valence-electron chi connectivity index (χ1n) is 8.83. The van der Waals surface area contributed by atoms with Gasteiger partial charge in [0.15, 0.2) is 5.66 Å². The zero-order valence-electron chi connectivity index (χ0n) is 14.8. The van der Waals surface area contributed by atoms with Crippen LogP contribution in [0, 0.1) is 12.3 Å². The van der Waals surface area contributed by atoms with Crippen LogP contribution in [0.5, 0.6) is 5.75 Å². The fourth-order valence-electron chi connectivity index (χ4n) is 3.10. The largest absolute Gasteiger partial charge is 0.435 e. The molecule has 2 aliphatic rings. The number of nitrogens with zero attached hydrogens (tertiary/aromatic N) is 3. The van der Waals surface area contributed by atoms with Gasteiger partial charge in [0, 0.05) is 32.2 Å². The molecule has 1 aromatic rings. The van der Waals surface area contributed by atoms with Crippen LogP contribution in [-0.4, -0.2) is 42.8 Å². The number of ether oxygens (including phenoxy) is 2. The van der Waals surface area contributed by atoms with E-state index in [2.05, 4.69) is 20.9 Å². The fourth-order valence-corrected chi connectivity index (χ4v) is 3.10. The van der Waals surface area contributed by atoms with Crippen molar-refractivity contribution in [2.75, 3.05) is 19.7 Å². The Morgan fingerprint density at radius 1 is 1.44 bits per heavy atom. The van der Waals surface area contributed by atoms with E-state index in [1.807, 2.05) is 0 Å². The molecule has 1 fully saturated rings. The van der Waals surface area contributed by atoms with Crippen molar-refractivity contribution in [3.8, 4) is 18.1 Å². The van der Waals surface area contributed by atoms with Gasteiger partial charge in [-0.3, -0.25) is 4.79 Å². The fraction of sp³-hybridized carbons (Fsp3) is 0.526. The number of amides is 1. The maximum Gasteiger partial charge on any atom is 0.387 e. The van der Waals surface area contributed by atoms with Crippen molar-refractivity contribution >= 4 is 5.91 Å². The van der Waals surface area contributed by atoms with Crippen molar-refractivity contribution in [2.45, 2.75) is 44.1 Å². The summed E-state index contributed by atoms with van der Waals surface area (Å²) in [6.07, 6.45) is 7.02. The number of benzene rings is 1. The SMILES string of the molecule is C#CCCC1(CCC(=O)N2CCOC(c3cccc(OC(F)F)c3)C2)N=N1. The third-order valence-corrected chi connectivity index (χ3v) is 4.67. The second-order valence-electron chi connectivity index (χ2n) is 6.54. The lowest BCUT2D eigenvalue weighted by molar-refractivity contribution is -0.139. The predicted molar refractivity (Wildman–Crippen MR) is 93.2 cm³/mol. The highest BCUT2D eigenvalue weighted by Crippen LogP contribution is 2.38. The minimum absolute atomic E-state index is 0.000618. The zero-order valence-corrected chi connectivity index (χ0v) is 14.8. The summed E-state index contributed by atoms with van der Waals surface area (Å²) >= 11 is 0. The van der Waals surface area contributed by atoms with E-state index in [9.17, 15) is 13.6 Å². The molecule has 1 amide bonds. The maximum atomic E-state index is 12.6. The maximum absolute atomic E-state index is 12.6. The number of hydrogen-bond acceptors (Lipinski definition) is 5. The Kier molecular flexibility index (Phi) is 6.01. The lowest BCUT2D eigenvalue weighted by atomic mass is 10.0. The Morgan fingerprint density at radius 3 is 2.96 bits per heavy atom. The summed E-state index contributed by atoms with van der Waals surface area (Å²) in [4.78, 5) is 14.3. The van der Waals surface area contributed by atoms with Gasteiger partial charge in [0.05, 0.1) is 13.2 Å². The zero-order chi connectivity index (χ0) is 19.3. The molecule has 1 aromatic carbocycles. The predicted octanol–water partition coefficient (Wildman–Crippen LogP) is 3.54. The molecule has 0 spiro atoms. The van der Waals surface area contributed by atoms with Crippen molar-refractivity contribution in [2.24, 2.45) is 10.2 Å². The second-order valence-corrected chi connectivity index (χ2v) is 6.54. The van der Waals surface area contributed by atoms with Crippen LogP contribution >= 0.6 is 0 Å². The average molecular weight is 377 g/mol. The van der Waals surface area contributed by atoms with Crippen LogP contribution in [0.15, 0.2) is 34.5 Å². The summed E-state index contributed by atoms with van der Waals surface area (Å²) in [5.74, 6) is 2.64. The highest BCUT2D eigenvalue weighted by atomic mass is 19.3. The minimum Gasteiger partial charge on any atom is -0.435 e. The minimum atomic E-state index is -2.88. The molecule has 0 radical (unpaired) electrons. The molecular formula is C19H21F2N3O3. The first-order chi connectivity index (χ1) is 13.0. The van der Waals surface area contributed by atoms with Gasteiger partial charge in [0.1, 0.15) is 11.9 Å². The first kappa shape index (κ1) is 19.2. The normalized spacial score (nSPS) is 20.4. The van der Waals surface area contributed by atoms with Crippen molar-refractivity contribution in [3.05, 3.63) is 29.8 Å².